The number of nitrogens with zero attached hydrogens (tertiary/aromatic N) is 3. The van der Waals surface area contributed by atoms with Gasteiger partial charge in [-0.25, -0.2) is 0 Å². The minimum atomic E-state index is -2.35. The lowest BCUT2D eigenvalue weighted by atomic mass is 9.84. The summed E-state index contributed by atoms with van der Waals surface area (Å²) in [7, 11) is -0.558. The summed E-state index contributed by atoms with van der Waals surface area (Å²) in [6.45, 7) is 11.1. The molecule has 1 aromatic heterocycles. The molecule has 2 atom stereocenters. The molecule has 1 saturated heterocycles. The van der Waals surface area contributed by atoms with Gasteiger partial charge < -0.3 is 4.57 Å². The quantitative estimate of drug-likeness (QED) is 0.0748. The molecule has 0 radical (unpaired) electrons. The van der Waals surface area contributed by atoms with Crippen molar-refractivity contribution in [2.75, 3.05) is 0 Å². The van der Waals surface area contributed by atoms with Gasteiger partial charge in [-0.3, -0.25) is 14.3 Å². The normalized spacial score (nSPS) is 17.9. The molecule has 3 aromatic carbocycles. The third-order valence-electron chi connectivity index (χ3n) is 8.57. The van der Waals surface area contributed by atoms with Crippen LogP contribution in [0.2, 0.25) is 18.1 Å². The Bertz CT molecular complexity index is 1400. The average Bonchev–Trinajstić information content (AvgIpc) is 3.38. The summed E-state index contributed by atoms with van der Waals surface area (Å²) in [5.74, 6) is -1.09. The van der Waals surface area contributed by atoms with Crippen molar-refractivity contribution < 1.29 is 9.59 Å². The molecule has 5 nitrogen and oxygen atoms in total. The van der Waals surface area contributed by atoms with E-state index in [1.165, 1.54) is 0 Å². The van der Waals surface area contributed by atoms with E-state index >= 15 is 0 Å². The van der Waals surface area contributed by atoms with Crippen LogP contribution in [-0.4, -0.2) is 39.6 Å². The second-order valence-electron chi connectivity index (χ2n) is 12.0. The number of Topliss-reactive ketones (excluding diaryl/α,β-unsaturated/α-hetero) is 1. The Morgan fingerprint density at radius 2 is 1.25 bits per heavy atom. The lowest BCUT2D eigenvalue weighted by molar-refractivity contribution is -0.140. The van der Waals surface area contributed by atoms with Crippen molar-refractivity contribution >= 4 is 31.7 Å². The number of ketones is 1. The summed E-state index contributed by atoms with van der Waals surface area (Å²) < 4.78 is 3.05. The summed E-state index contributed by atoms with van der Waals surface area (Å²) in [5, 5.41) is 3.94. The summed E-state index contributed by atoms with van der Waals surface area (Å²) in [5.41, 5.74) is 3.66. The van der Waals surface area contributed by atoms with Gasteiger partial charge in [-0.05, 0) is 27.8 Å². The number of thioether (sulfide) groups is 1. The van der Waals surface area contributed by atoms with Crippen LogP contribution in [0.1, 0.15) is 48.0 Å². The molecule has 7 heteroatoms. The molecule has 2 heterocycles. The number of aryl methyl sites for hydroxylation is 1. The molecular weight excluding hydrogens is 531 g/mol. The molecule has 0 saturated carbocycles. The maximum atomic E-state index is 14.1. The fraction of sp³-hybridized carbons (Fsp3) is 0.303. The molecule has 206 valence electrons. The molecule has 0 aliphatic carbocycles. The summed E-state index contributed by atoms with van der Waals surface area (Å²) in [4.78, 5) is 28.0. The number of benzene rings is 3. The van der Waals surface area contributed by atoms with Crippen LogP contribution < -0.4 is 0 Å². The molecule has 4 aromatic rings. The summed E-state index contributed by atoms with van der Waals surface area (Å²) in [6, 6.07) is 33.1. The van der Waals surface area contributed by atoms with Crippen molar-refractivity contribution in [1.82, 2.24) is 14.3 Å². The van der Waals surface area contributed by atoms with Crippen molar-refractivity contribution in [2.45, 2.75) is 49.0 Å². The highest BCUT2D eigenvalue weighted by Gasteiger charge is 2.62. The van der Waals surface area contributed by atoms with E-state index in [0.29, 0.717) is 5.69 Å². The second-order valence-corrected chi connectivity index (χ2v) is 18.5. The highest BCUT2D eigenvalue weighted by Crippen LogP contribution is 2.57. The van der Waals surface area contributed by atoms with E-state index < -0.39 is 18.9 Å². The summed E-state index contributed by atoms with van der Waals surface area (Å²) >= 11 is 1.72. The smallest absolute Gasteiger partial charge is 0.229 e. The van der Waals surface area contributed by atoms with Gasteiger partial charge in [0.15, 0.2) is 14.0 Å². The Kier molecular flexibility index (Phi) is 7.40. The van der Waals surface area contributed by atoms with Crippen molar-refractivity contribution in [3.05, 3.63) is 126 Å². The minimum Gasteiger partial charge on any atom is -0.356 e. The van der Waals surface area contributed by atoms with Crippen LogP contribution in [0.5, 0.6) is 0 Å². The maximum absolute atomic E-state index is 14.1. The second kappa shape index (κ2) is 10.5. The third-order valence-corrected chi connectivity index (χ3v) is 15.9. The highest BCUT2D eigenvalue weighted by molar-refractivity contribution is 8.01. The standard InChI is InChI=1S/C33H37N3O2SSi/c1-32(2,3)40(5,6)36-30(38)28(29(37)27-22-23-35(4)34-27)31(36)39-33(24-16-10-7-11-17-24,25-18-12-8-13-19-25)26-20-14-9-15-21-26/h7-23,28,31H,1-6H3. The van der Waals surface area contributed by atoms with Crippen LogP contribution >= 0.6 is 11.8 Å². The predicted octanol–water partition coefficient (Wildman–Crippen LogP) is 7.12. The van der Waals surface area contributed by atoms with Gasteiger partial charge in [0.05, 0.1) is 10.1 Å². The molecule has 0 N–H and O–H groups in total. The maximum Gasteiger partial charge on any atom is 0.229 e. The van der Waals surface area contributed by atoms with E-state index in [1.807, 2.05) is 18.2 Å². The van der Waals surface area contributed by atoms with Gasteiger partial charge in [0.25, 0.3) is 0 Å². The Balaban J connectivity index is 1.73. The molecule has 0 bridgehead atoms. The van der Waals surface area contributed by atoms with Crippen molar-refractivity contribution in [1.29, 1.82) is 0 Å². The van der Waals surface area contributed by atoms with Crippen LogP contribution in [0.4, 0.5) is 0 Å². The number of hydrogen-bond donors (Lipinski definition) is 0. The van der Waals surface area contributed by atoms with Crippen molar-refractivity contribution in [2.24, 2.45) is 13.0 Å². The fourth-order valence-corrected chi connectivity index (χ4v) is 10.3. The third kappa shape index (κ3) is 4.65. The molecule has 1 aliphatic heterocycles. The minimum absolute atomic E-state index is 0.0807. The van der Waals surface area contributed by atoms with Crippen LogP contribution in [0, 0.1) is 5.92 Å². The molecule has 1 fully saturated rings. The van der Waals surface area contributed by atoms with Gasteiger partial charge in [0.2, 0.25) is 5.91 Å². The van der Waals surface area contributed by atoms with Gasteiger partial charge in [-0.2, -0.15) is 5.10 Å². The number of carbonyl (C=O) groups excluding carboxylic acids is 2. The van der Waals surface area contributed by atoms with Gasteiger partial charge in [-0.15, -0.1) is 11.8 Å². The Labute approximate surface area is 242 Å². The van der Waals surface area contributed by atoms with Crippen LogP contribution in [0.15, 0.2) is 103 Å². The predicted molar refractivity (Wildman–Crippen MR) is 166 cm³/mol. The molecule has 2 unspecified atom stereocenters. The van der Waals surface area contributed by atoms with E-state index in [1.54, 1.807) is 35.8 Å². The first-order valence-corrected chi connectivity index (χ1v) is 17.5. The molecule has 40 heavy (non-hydrogen) atoms. The van der Waals surface area contributed by atoms with Gasteiger partial charge in [0.1, 0.15) is 11.6 Å². The zero-order chi connectivity index (χ0) is 28.7. The van der Waals surface area contributed by atoms with Crippen molar-refractivity contribution in [3.8, 4) is 0 Å². The molecule has 1 amide bonds. The summed E-state index contributed by atoms with van der Waals surface area (Å²) in [6.07, 6.45) is 1.76. The van der Waals surface area contributed by atoms with Crippen LogP contribution in [0.3, 0.4) is 0 Å². The lowest BCUT2D eigenvalue weighted by Gasteiger charge is -2.59. The Morgan fingerprint density at radius 3 is 1.62 bits per heavy atom. The number of hydrogen-bond acceptors (Lipinski definition) is 4. The van der Waals surface area contributed by atoms with Gasteiger partial charge >= 0.3 is 0 Å². The number of amides is 1. The number of β-lactam (4-membered cyclic amide) rings is 1. The first-order valence-electron chi connectivity index (χ1n) is 13.7. The Hall–Kier alpha value is -3.42. The fourth-order valence-electron chi connectivity index (χ4n) is 5.39. The molecular formula is C33H37N3O2SSi. The largest absolute Gasteiger partial charge is 0.356 e. The lowest BCUT2D eigenvalue weighted by Crippen LogP contribution is -2.73. The molecule has 0 spiro atoms. The number of rotatable bonds is 8. The van der Waals surface area contributed by atoms with Gasteiger partial charge in [-0.1, -0.05) is 125 Å². The van der Waals surface area contributed by atoms with E-state index in [4.69, 9.17) is 0 Å². The van der Waals surface area contributed by atoms with Gasteiger partial charge in [0, 0.05) is 13.2 Å². The molecule has 1 aliphatic rings. The zero-order valence-electron chi connectivity index (χ0n) is 24.0. The monoisotopic (exact) mass is 567 g/mol. The first-order chi connectivity index (χ1) is 19.0. The van der Waals surface area contributed by atoms with E-state index in [9.17, 15) is 9.59 Å². The van der Waals surface area contributed by atoms with Crippen molar-refractivity contribution in [3.63, 3.8) is 0 Å². The molecule has 5 rings (SSSR count). The number of carbonyl (C=O) groups is 2. The average molecular weight is 568 g/mol. The van der Waals surface area contributed by atoms with Crippen LogP contribution in [-0.2, 0) is 16.6 Å². The topological polar surface area (TPSA) is 55.2 Å². The Morgan fingerprint density at radius 1 is 0.800 bits per heavy atom. The van der Waals surface area contributed by atoms with Crippen LogP contribution in [0.25, 0.3) is 0 Å². The zero-order valence-corrected chi connectivity index (χ0v) is 25.9. The number of aromatic nitrogens is 2. The van der Waals surface area contributed by atoms with E-state index in [-0.39, 0.29) is 22.1 Å². The van der Waals surface area contributed by atoms with E-state index in [0.717, 1.165) is 16.7 Å². The highest BCUT2D eigenvalue weighted by atomic mass is 32.2. The van der Waals surface area contributed by atoms with E-state index in [2.05, 4.69) is 116 Å². The first kappa shape index (κ1) is 28.1. The SMILES string of the molecule is Cn1ccc(C(=O)C2C(=O)N([Si](C)(C)C(C)(C)C)C2SC(c2ccccc2)(c2ccccc2)c2ccccc2)n1.